The van der Waals surface area contributed by atoms with Gasteiger partial charge in [0, 0.05) is 25.6 Å². The zero-order valence-corrected chi connectivity index (χ0v) is 13.7. The summed E-state index contributed by atoms with van der Waals surface area (Å²) in [5.74, 6) is 0.400. The molecule has 1 aromatic heterocycles. The number of rotatable bonds is 5. The maximum atomic E-state index is 12.1. The van der Waals surface area contributed by atoms with E-state index in [1.54, 1.807) is 6.07 Å². The Labute approximate surface area is 135 Å². The SMILES string of the molecule is CC1CC(CN)CN1C(=O)CCNC(=O)c1cccs1.Cl. The fraction of sp³-hybridized carbons (Fsp3) is 0.571. The molecule has 2 amide bonds. The van der Waals surface area contributed by atoms with Crippen LogP contribution in [-0.2, 0) is 4.79 Å². The second kappa shape index (κ2) is 8.36. The number of thiophene rings is 1. The molecule has 21 heavy (non-hydrogen) atoms. The van der Waals surface area contributed by atoms with Crippen molar-refractivity contribution in [2.45, 2.75) is 25.8 Å². The normalized spacial score (nSPS) is 21.0. The third-order valence-electron chi connectivity index (χ3n) is 3.68. The van der Waals surface area contributed by atoms with Crippen LogP contribution in [0, 0.1) is 5.92 Å². The summed E-state index contributed by atoms with van der Waals surface area (Å²) >= 11 is 1.40. The summed E-state index contributed by atoms with van der Waals surface area (Å²) in [6.07, 6.45) is 1.32. The number of hydrogen-bond donors (Lipinski definition) is 2. The number of nitrogens with two attached hydrogens (primary N) is 1. The molecule has 1 fully saturated rings. The van der Waals surface area contributed by atoms with Crippen LogP contribution in [0.1, 0.15) is 29.4 Å². The molecule has 0 aromatic carbocycles. The first-order valence-corrected chi connectivity index (χ1v) is 7.81. The first-order valence-electron chi connectivity index (χ1n) is 6.93. The summed E-state index contributed by atoms with van der Waals surface area (Å²) in [5, 5.41) is 4.64. The van der Waals surface area contributed by atoms with Gasteiger partial charge < -0.3 is 16.0 Å². The van der Waals surface area contributed by atoms with Crippen LogP contribution in [0.15, 0.2) is 17.5 Å². The van der Waals surface area contributed by atoms with Gasteiger partial charge in [-0.1, -0.05) is 6.07 Å². The molecule has 0 radical (unpaired) electrons. The number of nitrogens with one attached hydrogen (secondary N) is 1. The second-order valence-electron chi connectivity index (χ2n) is 5.22. The van der Waals surface area contributed by atoms with E-state index in [-0.39, 0.29) is 30.3 Å². The van der Waals surface area contributed by atoms with Crippen LogP contribution in [-0.4, -0.2) is 42.4 Å². The number of halogens is 1. The Balaban J connectivity index is 0.00000220. The molecule has 0 aliphatic carbocycles. The minimum Gasteiger partial charge on any atom is -0.351 e. The van der Waals surface area contributed by atoms with E-state index in [2.05, 4.69) is 12.2 Å². The van der Waals surface area contributed by atoms with Crippen molar-refractivity contribution >= 4 is 35.6 Å². The summed E-state index contributed by atoms with van der Waals surface area (Å²) < 4.78 is 0. The predicted molar refractivity (Wildman–Crippen MR) is 86.9 cm³/mol. The smallest absolute Gasteiger partial charge is 0.261 e. The lowest BCUT2D eigenvalue weighted by Gasteiger charge is -2.21. The second-order valence-corrected chi connectivity index (χ2v) is 6.16. The van der Waals surface area contributed by atoms with E-state index >= 15 is 0 Å². The molecular weight excluding hydrogens is 310 g/mol. The van der Waals surface area contributed by atoms with E-state index in [0.29, 0.717) is 30.3 Å². The van der Waals surface area contributed by atoms with Gasteiger partial charge in [0.2, 0.25) is 5.91 Å². The van der Waals surface area contributed by atoms with E-state index in [4.69, 9.17) is 5.73 Å². The van der Waals surface area contributed by atoms with Crippen molar-refractivity contribution in [3.05, 3.63) is 22.4 Å². The quantitative estimate of drug-likeness (QED) is 0.858. The van der Waals surface area contributed by atoms with Crippen molar-refractivity contribution in [3.8, 4) is 0 Å². The average Bonchev–Trinajstić information content (AvgIpc) is 3.07. The number of hydrogen-bond acceptors (Lipinski definition) is 4. The van der Waals surface area contributed by atoms with E-state index in [1.807, 2.05) is 16.3 Å². The molecule has 0 bridgehead atoms. The molecule has 2 unspecified atom stereocenters. The maximum absolute atomic E-state index is 12.1. The third-order valence-corrected chi connectivity index (χ3v) is 4.55. The van der Waals surface area contributed by atoms with Crippen molar-refractivity contribution in [2.75, 3.05) is 19.6 Å². The topological polar surface area (TPSA) is 75.4 Å². The fourth-order valence-corrected chi connectivity index (χ4v) is 3.22. The van der Waals surface area contributed by atoms with Gasteiger partial charge in [-0.2, -0.15) is 0 Å². The first-order chi connectivity index (χ1) is 9.61. The highest BCUT2D eigenvalue weighted by atomic mass is 35.5. The van der Waals surface area contributed by atoms with Gasteiger partial charge in [0.05, 0.1) is 4.88 Å². The van der Waals surface area contributed by atoms with E-state index in [0.717, 1.165) is 13.0 Å². The van der Waals surface area contributed by atoms with Crippen LogP contribution in [0.25, 0.3) is 0 Å². The van der Waals surface area contributed by atoms with E-state index < -0.39 is 0 Å². The molecule has 7 heteroatoms. The Morgan fingerprint density at radius 2 is 2.29 bits per heavy atom. The van der Waals surface area contributed by atoms with Gasteiger partial charge >= 0.3 is 0 Å². The van der Waals surface area contributed by atoms with Crippen molar-refractivity contribution in [3.63, 3.8) is 0 Å². The van der Waals surface area contributed by atoms with Gasteiger partial charge in [-0.05, 0) is 37.3 Å². The molecule has 5 nitrogen and oxygen atoms in total. The monoisotopic (exact) mass is 331 g/mol. The lowest BCUT2D eigenvalue weighted by molar-refractivity contribution is -0.131. The van der Waals surface area contributed by atoms with Crippen molar-refractivity contribution in [1.29, 1.82) is 0 Å². The lowest BCUT2D eigenvalue weighted by atomic mass is 10.1. The highest BCUT2D eigenvalue weighted by Gasteiger charge is 2.31. The predicted octanol–water partition coefficient (Wildman–Crippen LogP) is 1.49. The zero-order valence-electron chi connectivity index (χ0n) is 12.1. The standard InChI is InChI=1S/C14H21N3O2S.ClH/c1-10-7-11(8-15)9-17(10)13(18)4-5-16-14(19)12-3-2-6-20-12;/h2-3,6,10-11H,4-5,7-9,15H2,1H3,(H,16,19);1H. The molecular formula is C14H22ClN3O2S. The van der Waals surface area contributed by atoms with Crippen LogP contribution in [0.2, 0.25) is 0 Å². The first kappa shape index (κ1) is 17.9. The summed E-state index contributed by atoms with van der Waals surface area (Å²) in [6, 6.07) is 3.86. The van der Waals surface area contributed by atoms with Crippen LogP contribution in [0.5, 0.6) is 0 Å². The van der Waals surface area contributed by atoms with Crippen LogP contribution in [0.3, 0.4) is 0 Å². The largest absolute Gasteiger partial charge is 0.351 e. The van der Waals surface area contributed by atoms with Crippen molar-refractivity contribution < 1.29 is 9.59 Å². The zero-order chi connectivity index (χ0) is 14.5. The van der Waals surface area contributed by atoms with Gasteiger partial charge in [0.1, 0.15) is 0 Å². The van der Waals surface area contributed by atoms with E-state index in [1.165, 1.54) is 11.3 Å². The molecule has 1 aliphatic heterocycles. The Bertz CT molecular complexity index is 467. The Hall–Kier alpha value is -1.11. The van der Waals surface area contributed by atoms with Gasteiger partial charge in [-0.3, -0.25) is 9.59 Å². The summed E-state index contributed by atoms with van der Waals surface area (Å²) in [6.45, 7) is 3.81. The molecule has 118 valence electrons. The van der Waals surface area contributed by atoms with Gasteiger partial charge in [-0.25, -0.2) is 0 Å². The molecule has 1 aromatic rings. The lowest BCUT2D eigenvalue weighted by Crippen LogP contribution is -2.37. The molecule has 1 saturated heterocycles. The van der Waals surface area contributed by atoms with Crippen LogP contribution < -0.4 is 11.1 Å². The van der Waals surface area contributed by atoms with Gasteiger partial charge in [0.25, 0.3) is 5.91 Å². The minimum atomic E-state index is -0.109. The Morgan fingerprint density at radius 1 is 1.52 bits per heavy atom. The minimum absolute atomic E-state index is 0. The number of likely N-dealkylation sites (tertiary alicyclic amines) is 1. The van der Waals surface area contributed by atoms with Gasteiger partial charge in [-0.15, -0.1) is 23.7 Å². The maximum Gasteiger partial charge on any atom is 0.261 e. The van der Waals surface area contributed by atoms with Crippen molar-refractivity contribution in [1.82, 2.24) is 10.2 Å². The molecule has 3 N–H and O–H groups in total. The van der Waals surface area contributed by atoms with Crippen LogP contribution >= 0.6 is 23.7 Å². The molecule has 2 rings (SSSR count). The molecule has 0 spiro atoms. The summed E-state index contributed by atoms with van der Waals surface area (Å²) in [7, 11) is 0. The third kappa shape index (κ3) is 4.69. The fourth-order valence-electron chi connectivity index (χ4n) is 2.58. The molecule has 2 atom stereocenters. The van der Waals surface area contributed by atoms with E-state index in [9.17, 15) is 9.59 Å². The number of nitrogens with zero attached hydrogens (tertiary/aromatic N) is 1. The highest BCUT2D eigenvalue weighted by Crippen LogP contribution is 2.22. The molecule has 1 aliphatic rings. The Kier molecular flexibility index (Phi) is 7.14. The molecule has 0 saturated carbocycles. The summed E-state index contributed by atoms with van der Waals surface area (Å²) in [4.78, 5) is 26.4. The highest BCUT2D eigenvalue weighted by molar-refractivity contribution is 7.12. The van der Waals surface area contributed by atoms with Crippen LogP contribution in [0.4, 0.5) is 0 Å². The van der Waals surface area contributed by atoms with Gasteiger partial charge in [0.15, 0.2) is 0 Å². The van der Waals surface area contributed by atoms with Crippen molar-refractivity contribution in [2.24, 2.45) is 11.7 Å². The average molecular weight is 332 g/mol. The molecule has 2 heterocycles. The summed E-state index contributed by atoms with van der Waals surface area (Å²) in [5.41, 5.74) is 5.66. The number of carbonyl (C=O) groups excluding carboxylic acids is 2. The Morgan fingerprint density at radius 3 is 2.86 bits per heavy atom. The number of amides is 2. The number of carbonyl (C=O) groups is 2.